The van der Waals surface area contributed by atoms with E-state index < -0.39 is 0 Å². The number of halogens is 2. The standard InChI is InChI=1S/C17H25ClN4O2.HI/c1-13(16(23)24-3)12-20-17(19-2)22-10-8-21(9-11-22)15-7-5-4-6-14(15)18;/h4-7,13H,8-12H2,1-3H3,(H,19,20);1H. The van der Waals surface area contributed by atoms with Crippen LogP contribution < -0.4 is 10.2 Å². The van der Waals surface area contributed by atoms with Crippen LogP contribution >= 0.6 is 35.6 Å². The molecule has 1 aromatic rings. The lowest BCUT2D eigenvalue weighted by atomic mass is 10.2. The lowest BCUT2D eigenvalue weighted by Crippen LogP contribution is -2.53. The number of ether oxygens (including phenoxy) is 1. The highest BCUT2D eigenvalue weighted by atomic mass is 127. The first kappa shape index (κ1) is 21.8. The molecule has 0 bridgehead atoms. The fraction of sp³-hybridized carbons (Fsp3) is 0.529. The molecule has 1 unspecified atom stereocenters. The number of hydrogen-bond acceptors (Lipinski definition) is 4. The summed E-state index contributed by atoms with van der Waals surface area (Å²) in [6.45, 7) is 5.77. The summed E-state index contributed by atoms with van der Waals surface area (Å²) < 4.78 is 4.75. The second-order valence-electron chi connectivity index (χ2n) is 5.78. The van der Waals surface area contributed by atoms with Crippen molar-refractivity contribution in [3.8, 4) is 0 Å². The van der Waals surface area contributed by atoms with E-state index in [0.717, 1.165) is 42.8 Å². The molecule has 1 aliphatic heterocycles. The van der Waals surface area contributed by atoms with Gasteiger partial charge < -0.3 is 19.9 Å². The Morgan fingerprint density at radius 1 is 1.32 bits per heavy atom. The molecule has 0 amide bonds. The molecule has 1 heterocycles. The highest BCUT2D eigenvalue weighted by Gasteiger charge is 2.22. The molecule has 1 saturated heterocycles. The van der Waals surface area contributed by atoms with E-state index in [-0.39, 0.29) is 35.9 Å². The Kier molecular flexibility index (Phi) is 9.34. The lowest BCUT2D eigenvalue weighted by molar-refractivity contribution is -0.144. The Hall–Kier alpha value is -1.22. The average Bonchev–Trinajstić information content (AvgIpc) is 2.62. The van der Waals surface area contributed by atoms with Gasteiger partial charge in [-0.1, -0.05) is 30.7 Å². The van der Waals surface area contributed by atoms with Crippen molar-refractivity contribution in [2.45, 2.75) is 6.92 Å². The van der Waals surface area contributed by atoms with Crippen molar-refractivity contribution in [1.29, 1.82) is 0 Å². The number of para-hydroxylation sites is 1. The van der Waals surface area contributed by atoms with Gasteiger partial charge in [0.15, 0.2) is 5.96 Å². The van der Waals surface area contributed by atoms with E-state index in [1.807, 2.05) is 31.2 Å². The number of rotatable bonds is 4. The summed E-state index contributed by atoms with van der Waals surface area (Å²) in [5.74, 6) is 0.377. The fourth-order valence-electron chi connectivity index (χ4n) is 2.73. The SMILES string of the molecule is CN=C(NCC(C)C(=O)OC)N1CCN(c2ccccc2Cl)CC1.I. The van der Waals surface area contributed by atoms with Crippen molar-refractivity contribution in [2.75, 3.05) is 51.8 Å². The van der Waals surface area contributed by atoms with E-state index in [4.69, 9.17) is 16.3 Å². The molecule has 0 radical (unpaired) electrons. The first-order valence-corrected chi connectivity index (χ1v) is 8.47. The quantitative estimate of drug-likeness (QED) is 0.311. The van der Waals surface area contributed by atoms with Crippen LogP contribution in [0, 0.1) is 5.92 Å². The largest absolute Gasteiger partial charge is 0.469 e. The Balaban J connectivity index is 0.00000312. The molecule has 1 aliphatic rings. The predicted molar refractivity (Wildman–Crippen MR) is 113 cm³/mol. The second-order valence-corrected chi connectivity index (χ2v) is 6.19. The molecule has 140 valence electrons. The van der Waals surface area contributed by atoms with Crippen LogP contribution in [-0.4, -0.2) is 63.7 Å². The third-order valence-corrected chi connectivity index (χ3v) is 4.47. The number of anilines is 1. The Morgan fingerprint density at radius 3 is 2.52 bits per heavy atom. The zero-order valence-electron chi connectivity index (χ0n) is 14.9. The number of carbonyl (C=O) groups excluding carboxylic acids is 1. The minimum Gasteiger partial charge on any atom is -0.469 e. The number of nitrogens with zero attached hydrogens (tertiary/aromatic N) is 3. The van der Waals surface area contributed by atoms with Crippen LogP contribution in [-0.2, 0) is 9.53 Å². The third-order valence-electron chi connectivity index (χ3n) is 4.15. The minimum absolute atomic E-state index is 0. The van der Waals surface area contributed by atoms with Gasteiger partial charge in [-0.3, -0.25) is 9.79 Å². The fourth-order valence-corrected chi connectivity index (χ4v) is 2.98. The minimum atomic E-state index is -0.221. The number of nitrogens with one attached hydrogen (secondary N) is 1. The number of methoxy groups -OCH3 is 1. The summed E-state index contributed by atoms with van der Waals surface area (Å²) in [6.07, 6.45) is 0. The molecule has 6 nitrogen and oxygen atoms in total. The van der Waals surface area contributed by atoms with E-state index in [1.165, 1.54) is 7.11 Å². The predicted octanol–water partition coefficient (Wildman–Crippen LogP) is 2.46. The number of aliphatic imine (C=N–C) groups is 1. The molecule has 0 saturated carbocycles. The topological polar surface area (TPSA) is 57.2 Å². The van der Waals surface area contributed by atoms with Gasteiger partial charge >= 0.3 is 5.97 Å². The van der Waals surface area contributed by atoms with Gasteiger partial charge in [0.2, 0.25) is 0 Å². The molecule has 1 atom stereocenters. The number of carbonyl (C=O) groups is 1. The van der Waals surface area contributed by atoms with Gasteiger partial charge in [0.1, 0.15) is 0 Å². The molecule has 1 fully saturated rings. The number of guanidine groups is 1. The number of hydrogen-bond donors (Lipinski definition) is 1. The van der Waals surface area contributed by atoms with E-state index in [2.05, 4.69) is 20.1 Å². The highest BCUT2D eigenvalue weighted by Crippen LogP contribution is 2.25. The zero-order valence-corrected chi connectivity index (χ0v) is 18.0. The maximum atomic E-state index is 11.5. The van der Waals surface area contributed by atoms with Gasteiger partial charge in [0, 0.05) is 39.8 Å². The molecule has 0 spiro atoms. The van der Waals surface area contributed by atoms with E-state index >= 15 is 0 Å². The Bertz CT molecular complexity index is 592. The van der Waals surface area contributed by atoms with Crippen molar-refractivity contribution in [3.63, 3.8) is 0 Å². The van der Waals surface area contributed by atoms with Crippen molar-refractivity contribution in [3.05, 3.63) is 29.3 Å². The van der Waals surface area contributed by atoms with Crippen LogP contribution in [0.5, 0.6) is 0 Å². The first-order chi connectivity index (χ1) is 11.6. The Labute approximate surface area is 171 Å². The summed E-state index contributed by atoms with van der Waals surface area (Å²) in [5, 5.41) is 4.03. The van der Waals surface area contributed by atoms with Gasteiger partial charge in [-0.2, -0.15) is 0 Å². The monoisotopic (exact) mass is 480 g/mol. The van der Waals surface area contributed by atoms with Crippen molar-refractivity contribution < 1.29 is 9.53 Å². The van der Waals surface area contributed by atoms with Crippen LogP contribution in [0.1, 0.15) is 6.92 Å². The molecular weight excluding hydrogens is 455 g/mol. The van der Waals surface area contributed by atoms with E-state index in [0.29, 0.717) is 6.54 Å². The molecule has 1 N–H and O–H groups in total. The smallest absolute Gasteiger partial charge is 0.310 e. The van der Waals surface area contributed by atoms with Crippen LogP contribution in [0.25, 0.3) is 0 Å². The number of piperazine rings is 1. The molecule has 8 heteroatoms. The maximum Gasteiger partial charge on any atom is 0.310 e. The summed E-state index contributed by atoms with van der Waals surface area (Å²) in [7, 11) is 3.16. The van der Waals surface area contributed by atoms with Crippen LogP contribution in [0.15, 0.2) is 29.3 Å². The molecular formula is C17H26ClIN4O2. The normalized spacial score (nSPS) is 16.1. The Morgan fingerprint density at radius 2 is 1.96 bits per heavy atom. The van der Waals surface area contributed by atoms with Crippen LogP contribution in [0.2, 0.25) is 5.02 Å². The molecule has 2 rings (SSSR count). The molecule has 1 aromatic carbocycles. The molecule has 25 heavy (non-hydrogen) atoms. The first-order valence-electron chi connectivity index (χ1n) is 8.09. The third kappa shape index (κ3) is 5.91. The van der Waals surface area contributed by atoms with Crippen molar-refractivity contribution >= 4 is 53.2 Å². The van der Waals surface area contributed by atoms with Gasteiger partial charge in [-0.05, 0) is 12.1 Å². The van der Waals surface area contributed by atoms with Crippen LogP contribution in [0.3, 0.4) is 0 Å². The zero-order chi connectivity index (χ0) is 17.5. The second kappa shape index (κ2) is 10.7. The van der Waals surface area contributed by atoms with E-state index in [1.54, 1.807) is 7.05 Å². The van der Waals surface area contributed by atoms with Gasteiger partial charge in [-0.15, -0.1) is 24.0 Å². The average molecular weight is 481 g/mol. The van der Waals surface area contributed by atoms with Crippen LogP contribution in [0.4, 0.5) is 5.69 Å². The summed E-state index contributed by atoms with van der Waals surface area (Å²) in [6, 6.07) is 7.90. The van der Waals surface area contributed by atoms with Gasteiger partial charge in [-0.25, -0.2) is 0 Å². The van der Waals surface area contributed by atoms with Gasteiger partial charge in [0.05, 0.1) is 23.7 Å². The highest BCUT2D eigenvalue weighted by molar-refractivity contribution is 14.0. The number of esters is 1. The van der Waals surface area contributed by atoms with E-state index in [9.17, 15) is 4.79 Å². The summed E-state index contributed by atoms with van der Waals surface area (Å²) >= 11 is 6.28. The maximum absolute atomic E-state index is 11.5. The summed E-state index contributed by atoms with van der Waals surface area (Å²) in [5.41, 5.74) is 1.07. The molecule has 0 aromatic heterocycles. The van der Waals surface area contributed by atoms with Crippen molar-refractivity contribution in [2.24, 2.45) is 10.9 Å². The molecule has 0 aliphatic carbocycles. The van der Waals surface area contributed by atoms with Gasteiger partial charge in [0.25, 0.3) is 0 Å². The lowest BCUT2D eigenvalue weighted by Gasteiger charge is -2.38. The van der Waals surface area contributed by atoms with Crippen molar-refractivity contribution in [1.82, 2.24) is 10.2 Å². The summed E-state index contributed by atoms with van der Waals surface area (Å²) in [4.78, 5) is 20.3. The number of benzene rings is 1.